The molecule has 1 N–H and O–H groups in total. The lowest BCUT2D eigenvalue weighted by Crippen LogP contribution is -2.14. The molecule has 5 heteroatoms. The summed E-state index contributed by atoms with van der Waals surface area (Å²) in [5.41, 5.74) is 0.964. The van der Waals surface area contributed by atoms with Gasteiger partial charge in [-0.15, -0.1) is 0 Å². The zero-order chi connectivity index (χ0) is 12.3. The molecule has 0 radical (unpaired) electrons. The molecule has 0 bridgehead atoms. The number of imidazole rings is 1. The van der Waals surface area contributed by atoms with Gasteiger partial charge in [-0.25, -0.2) is 4.98 Å². The molecule has 0 aromatic carbocycles. The molecule has 0 aliphatic heterocycles. The zero-order valence-corrected chi connectivity index (χ0v) is 10.9. The van der Waals surface area contributed by atoms with Gasteiger partial charge in [-0.1, -0.05) is 31.0 Å². The van der Waals surface area contributed by atoms with Crippen LogP contribution >= 0.6 is 11.8 Å². The number of rotatable bonds is 6. The zero-order valence-electron chi connectivity index (χ0n) is 10.1. The maximum Gasteiger partial charge on any atom is 0.313 e. The summed E-state index contributed by atoms with van der Waals surface area (Å²) in [5, 5.41) is 9.52. The first-order valence-electron chi connectivity index (χ1n) is 6.03. The summed E-state index contributed by atoms with van der Waals surface area (Å²) in [4.78, 5) is 14.9. The van der Waals surface area contributed by atoms with Gasteiger partial charge in [0.2, 0.25) is 0 Å². The first kappa shape index (κ1) is 12.5. The maximum atomic E-state index is 10.6. The van der Waals surface area contributed by atoms with Crippen LogP contribution in [0.4, 0.5) is 0 Å². The highest BCUT2D eigenvalue weighted by Gasteiger charge is 2.18. The number of nitrogens with zero attached hydrogens (tertiary/aromatic N) is 2. The Hall–Kier alpha value is -0.970. The topological polar surface area (TPSA) is 55.1 Å². The summed E-state index contributed by atoms with van der Waals surface area (Å²) in [6, 6.07) is 0. The van der Waals surface area contributed by atoms with E-state index in [1.807, 2.05) is 13.1 Å². The number of aromatic nitrogens is 2. The van der Waals surface area contributed by atoms with Crippen molar-refractivity contribution in [3.63, 3.8) is 0 Å². The molecular formula is C12H18N2O2S. The Morgan fingerprint density at radius 1 is 1.65 bits per heavy atom. The standard InChI is InChI=1S/C12H18N2O2S/c1-9-7-14(6-5-10-3-2-4-10)12(13-9)17-8-11(15)16/h7,10H,2-6,8H2,1H3,(H,15,16). The van der Waals surface area contributed by atoms with Crippen molar-refractivity contribution in [2.24, 2.45) is 5.92 Å². The molecule has 1 fully saturated rings. The lowest BCUT2D eigenvalue weighted by atomic mass is 9.83. The van der Waals surface area contributed by atoms with Crippen LogP contribution in [0.3, 0.4) is 0 Å². The Labute approximate surface area is 105 Å². The first-order chi connectivity index (χ1) is 8.15. The summed E-state index contributed by atoms with van der Waals surface area (Å²) in [7, 11) is 0. The van der Waals surface area contributed by atoms with Crippen molar-refractivity contribution in [3.05, 3.63) is 11.9 Å². The molecule has 0 saturated heterocycles. The normalized spacial score (nSPS) is 15.8. The van der Waals surface area contributed by atoms with E-state index in [-0.39, 0.29) is 5.75 Å². The van der Waals surface area contributed by atoms with Crippen LogP contribution in [0.15, 0.2) is 11.4 Å². The van der Waals surface area contributed by atoms with Crippen molar-refractivity contribution < 1.29 is 9.90 Å². The first-order valence-corrected chi connectivity index (χ1v) is 7.02. The monoisotopic (exact) mass is 254 g/mol. The smallest absolute Gasteiger partial charge is 0.313 e. The summed E-state index contributed by atoms with van der Waals surface area (Å²) in [6.07, 6.45) is 7.28. The lowest BCUT2D eigenvalue weighted by molar-refractivity contribution is -0.133. The van der Waals surface area contributed by atoms with Crippen LogP contribution in [0.25, 0.3) is 0 Å². The number of aliphatic carboxylic acids is 1. The third-order valence-electron chi connectivity index (χ3n) is 3.19. The minimum atomic E-state index is -0.791. The van der Waals surface area contributed by atoms with Crippen molar-refractivity contribution in [2.75, 3.05) is 5.75 Å². The van der Waals surface area contributed by atoms with Gasteiger partial charge < -0.3 is 9.67 Å². The number of thioether (sulfide) groups is 1. The lowest BCUT2D eigenvalue weighted by Gasteiger charge is -2.25. The maximum absolute atomic E-state index is 10.6. The highest BCUT2D eigenvalue weighted by atomic mass is 32.2. The molecule has 0 unspecified atom stereocenters. The molecule has 2 rings (SSSR count). The van der Waals surface area contributed by atoms with Crippen LogP contribution in [0, 0.1) is 12.8 Å². The van der Waals surface area contributed by atoms with E-state index in [1.54, 1.807) is 0 Å². The predicted octanol–water partition coefficient (Wildman–Crippen LogP) is 2.56. The van der Waals surface area contributed by atoms with Crippen LogP contribution in [-0.2, 0) is 11.3 Å². The van der Waals surface area contributed by atoms with E-state index in [0.717, 1.165) is 23.3 Å². The molecule has 1 heterocycles. The Balaban J connectivity index is 1.91. The molecule has 1 aromatic rings. The minimum Gasteiger partial charge on any atom is -0.481 e. The Kier molecular flexibility index (Phi) is 4.10. The van der Waals surface area contributed by atoms with Crippen molar-refractivity contribution in [3.8, 4) is 0 Å². The molecule has 1 saturated carbocycles. The van der Waals surface area contributed by atoms with E-state index >= 15 is 0 Å². The van der Waals surface area contributed by atoms with E-state index in [0.29, 0.717) is 0 Å². The molecule has 0 atom stereocenters. The number of carboxylic acid groups (broad SMARTS) is 1. The van der Waals surface area contributed by atoms with Gasteiger partial charge in [0, 0.05) is 12.7 Å². The number of carbonyl (C=O) groups is 1. The van der Waals surface area contributed by atoms with Gasteiger partial charge >= 0.3 is 5.97 Å². The van der Waals surface area contributed by atoms with Crippen LogP contribution in [-0.4, -0.2) is 26.4 Å². The second kappa shape index (κ2) is 5.58. The Morgan fingerprint density at radius 3 is 3.00 bits per heavy atom. The quantitative estimate of drug-likeness (QED) is 0.793. The third-order valence-corrected chi connectivity index (χ3v) is 4.16. The van der Waals surface area contributed by atoms with Crippen LogP contribution in [0.5, 0.6) is 0 Å². The van der Waals surface area contributed by atoms with Crippen molar-refractivity contribution in [1.29, 1.82) is 0 Å². The minimum absolute atomic E-state index is 0.0832. The molecule has 0 spiro atoms. The SMILES string of the molecule is Cc1cn(CCC2CCC2)c(SCC(=O)O)n1. The third kappa shape index (κ3) is 3.49. The largest absolute Gasteiger partial charge is 0.481 e. The van der Waals surface area contributed by atoms with Gasteiger partial charge in [0.15, 0.2) is 5.16 Å². The Morgan fingerprint density at radius 2 is 2.41 bits per heavy atom. The summed E-state index contributed by atoms with van der Waals surface area (Å²) < 4.78 is 2.10. The fraction of sp³-hybridized carbons (Fsp3) is 0.667. The van der Waals surface area contributed by atoms with Gasteiger partial charge in [-0.05, 0) is 19.3 Å². The average Bonchev–Trinajstić information content (AvgIpc) is 2.54. The van der Waals surface area contributed by atoms with E-state index < -0.39 is 5.97 Å². The highest BCUT2D eigenvalue weighted by Crippen LogP contribution is 2.30. The number of hydrogen-bond donors (Lipinski definition) is 1. The van der Waals surface area contributed by atoms with E-state index in [1.165, 1.54) is 37.4 Å². The molecule has 17 heavy (non-hydrogen) atoms. The molecule has 1 aromatic heterocycles. The summed E-state index contributed by atoms with van der Waals surface area (Å²) in [6.45, 7) is 2.91. The summed E-state index contributed by atoms with van der Waals surface area (Å²) >= 11 is 1.31. The van der Waals surface area contributed by atoms with Crippen LogP contribution < -0.4 is 0 Å². The fourth-order valence-electron chi connectivity index (χ4n) is 2.03. The molecule has 94 valence electrons. The van der Waals surface area contributed by atoms with E-state index in [9.17, 15) is 4.79 Å². The van der Waals surface area contributed by atoms with Crippen LogP contribution in [0.1, 0.15) is 31.4 Å². The van der Waals surface area contributed by atoms with E-state index in [2.05, 4.69) is 9.55 Å². The molecule has 1 aliphatic carbocycles. The van der Waals surface area contributed by atoms with Crippen molar-refractivity contribution in [2.45, 2.75) is 44.3 Å². The molecular weight excluding hydrogens is 236 g/mol. The van der Waals surface area contributed by atoms with Gasteiger partial charge in [-0.3, -0.25) is 4.79 Å². The number of aryl methyl sites for hydroxylation is 2. The molecule has 1 aliphatic rings. The highest BCUT2D eigenvalue weighted by molar-refractivity contribution is 7.99. The van der Waals surface area contributed by atoms with Gasteiger partial charge in [0.25, 0.3) is 0 Å². The number of hydrogen-bond acceptors (Lipinski definition) is 3. The van der Waals surface area contributed by atoms with Crippen molar-refractivity contribution in [1.82, 2.24) is 9.55 Å². The molecule has 0 amide bonds. The second-order valence-corrected chi connectivity index (χ2v) is 5.57. The molecule has 4 nitrogen and oxygen atoms in total. The fourth-order valence-corrected chi connectivity index (χ4v) is 2.80. The van der Waals surface area contributed by atoms with Gasteiger partial charge in [-0.2, -0.15) is 0 Å². The number of carboxylic acids is 1. The van der Waals surface area contributed by atoms with E-state index in [4.69, 9.17) is 5.11 Å². The summed E-state index contributed by atoms with van der Waals surface area (Å²) in [5.74, 6) is 0.163. The van der Waals surface area contributed by atoms with Crippen molar-refractivity contribution >= 4 is 17.7 Å². The van der Waals surface area contributed by atoms with Gasteiger partial charge in [0.1, 0.15) is 0 Å². The predicted molar refractivity (Wildman–Crippen MR) is 67.3 cm³/mol. The van der Waals surface area contributed by atoms with Gasteiger partial charge in [0.05, 0.1) is 11.4 Å². The average molecular weight is 254 g/mol. The second-order valence-electron chi connectivity index (χ2n) is 4.63. The van der Waals surface area contributed by atoms with Crippen LogP contribution in [0.2, 0.25) is 0 Å². The Bertz CT molecular complexity index is 399.